The largest absolute Gasteiger partial charge is 0.295 e. The first-order chi connectivity index (χ1) is 7.99. The molecule has 2 aliphatic rings. The summed E-state index contributed by atoms with van der Waals surface area (Å²) in [5, 5.41) is 2.12. The van der Waals surface area contributed by atoms with Crippen molar-refractivity contribution in [1.82, 2.24) is 14.3 Å². The summed E-state index contributed by atoms with van der Waals surface area (Å²) in [6.07, 6.45) is 2.07. The molecule has 8 heteroatoms. The van der Waals surface area contributed by atoms with Gasteiger partial charge in [-0.3, -0.25) is 14.9 Å². The fraction of sp³-hybridized carbons (Fsp3) is 0.778. The summed E-state index contributed by atoms with van der Waals surface area (Å²) in [5.74, 6) is -0.921. The second-order valence-corrected chi connectivity index (χ2v) is 5.93. The van der Waals surface area contributed by atoms with Gasteiger partial charge in [-0.15, -0.1) is 0 Å². The smallest absolute Gasteiger partial charge is 0.280 e. The molecule has 0 aliphatic carbocycles. The van der Waals surface area contributed by atoms with Crippen molar-refractivity contribution < 1.29 is 18.0 Å². The van der Waals surface area contributed by atoms with Crippen molar-refractivity contribution in [3.63, 3.8) is 0 Å². The highest BCUT2D eigenvalue weighted by Crippen LogP contribution is 2.13. The number of amides is 2. The molecule has 0 bridgehead atoms. The van der Waals surface area contributed by atoms with Crippen LogP contribution in [0.4, 0.5) is 0 Å². The molecule has 96 valence electrons. The number of hydrogen-bond acceptors (Lipinski definition) is 4. The minimum absolute atomic E-state index is 0.166. The van der Waals surface area contributed by atoms with Crippen molar-refractivity contribution in [2.75, 3.05) is 13.1 Å². The monoisotopic (exact) mass is 261 g/mol. The maximum absolute atomic E-state index is 11.9. The Morgan fingerprint density at radius 3 is 2.47 bits per heavy atom. The van der Waals surface area contributed by atoms with Gasteiger partial charge in [0.05, 0.1) is 0 Å². The summed E-state index contributed by atoms with van der Waals surface area (Å²) >= 11 is 0. The molecule has 2 N–H and O–H groups in total. The SMILES string of the molecule is O=C1CCC(NS(=O)(=O)N2CCCC2)C(=O)N1. The topological polar surface area (TPSA) is 95.6 Å². The zero-order valence-electron chi connectivity index (χ0n) is 9.31. The molecule has 17 heavy (non-hydrogen) atoms. The first kappa shape index (κ1) is 12.5. The maximum Gasteiger partial charge on any atom is 0.280 e. The summed E-state index contributed by atoms with van der Waals surface area (Å²) in [4.78, 5) is 22.3. The van der Waals surface area contributed by atoms with Crippen LogP contribution in [0.1, 0.15) is 25.7 Å². The molecule has 7 nitrogen and oxygen atoms in total. The lowest BCUT2D eigenvalue weighted by atomic mass is 10.1. The Hall–Kier alpha value is -0.990. The molecule has 0 saturated carbocycles. The third-order valence-electron chi connectivity index (χ3n) is 2.94. The van der Waals surface area contributed by atoms with E-state index >= 15 is 0 Å². The molecule has 0 radical (unpaired) electrons. The third-order valence-corrected chi connectivity index (χ3v) is 4.56. The molecule has 2 heterocycles. The number of carbonyl (C=O) groups is 2. The molecule has 0 spiro atoms. The van der Waals surface area contributed by atoms with Crippen LogP contribution >= 0.6 is 0 Å². The van der Waals surface area contributed by atoms with Gasteiger partial charge in [0.15, 0.2) is 0 Å². The van der Waals surface area contributed by atoms with Gasteiger partial charge in [0.25, 0.3) is 10.2 Å². The van der Waals surface area contributed by atoms with Crippen LogP contribution in [0.3, 0.4) is 0 Å². The van der Waals surface area contributed by atoms with Crippen LogP contribution in [-0.2, 0) is 19.8 Å². The van der Waals surface area contributed by atoms with Gasteiger partial charge >= 0.3 is 0 Å². The van der Waals surface area contributed by atoms with Crippen LogP contribution in [0.5, 0.6) is 0 Å². The number of carbonyl (C=O) groups excluding carboxylic acids is 2. The Morgan fingerprint density at radius 1 is 1.24 bits per heavy atom. The number of rotatable bonds is 3. The number of hydrogen-bond donors (Lipinski definition) is 2. The Labute approximate surface area is 99.7 Å². The fourth-order valence-corrected chi connectivity index (χ4v) is 3.46. The van der Waals surface area contributed by atoms with Crippen molar-refractivity contribution in [1.29, 1.82) is 0 Å². The molecule has 2 fully saturated rings. The lowest BCUT2D eigenvalue weighted by molar-refractivity contribution is -0.134. The summed E-state index contributed by atoms with van der Waals surface area (Å²) in [6, 6.07) is -0.835. The average molecular weight is 261 g/mol. The molecule has 2 rings (SSSR count). The highest BCUT2D eigenvalue weighted by molar-refractivity contribution is 7.87. The van der Waals surface area contributed by atoms with Crippen molar-refractivity contribution in [3.05, 3.63) is 0 Å². The zero-order chi connectivity index (χ0) is 12.5. The van der Waals surface area contributed by atoms with Crippen molar-refractivity contribution >= 4 is 22.0 Å². The Kier molecular flexibility index (Phi) is 3.45. The molecule has 0 aromatic heterocycles. The van der Waals surface area contributed by atoms with E-state index in [9.17, 15) is 18.0 Å². The molecule has 0 aromatic rings. The predicted octanol–water partition coefficient (Wildman–Crippen LogP) is -1.28. The molecule has 1 atom stereocenters. The molecule has 2 aliphatic heterocycles. The average Bonchev–Trinajstić information content (AvgIpc) is 2.76. The molecule has 2 saturated heterocycles. The van der Waals surface area contributed by atoms with Crippen molar-refractivity contribution in [3.8, 4) is 0 Å². The molecule has 2 amide bonds. The van der Waals surface area contributed by atoms with Gasteiger partial charge in [0, 0.05) is 19.5 Å². The van der Waals surface area contributed by atoms with E-state index in [1.165, 1.54) is 4.31 Å². The molecular weight excluding hydrogens is 246 g/mol. The van der Waals surface area contributed by atoms with Crippen LogP contribution in [0.25, 0.3) is 0 Å². The normalized spacial score (nSPS) is 27.2. The lowest BCUT2D eigenvalue weighted by Gasteiger charge is -2.24. The summed E-state index contributed by atoms with van der Waals surface area (Å²) < 4.78 is 27.4. The maximum atomic E-state index is 11.9. The fourth-order valence-electron chi connectivity index (χ4n) is 1.99. The summed E-state index contributed by atoms with van der Waals surface area (Å²) in [6.45, 7) is 0.977. The Bertz CT molecular complexity index is 428. The Balaban J connectivity index is 2.00. The summed E-state index contributed by atoms with van der Waals surface area (Å²) in [5.41, 5.74) is 0. The zero-order valence-corrected chi connectivity index (χ0v) is 10.1. The molecule has 0 aromatic carbocycles. The van der Waals surface area contributed by atoms with Crippen LogP contribution < -0.4 is 10.0 Å². The second kappa shape index (κ2) is 4.71. The van der Waals surface area contributed by atoms with Crippen LogP contribution in [0.15, 0.2) is 0 Å². The summed E-state index contributed by atoms with van der Waals surface area (Å²) in [7, 11) is -3.60. The van der Waals surface area contributed by atoms with E-state index in [-0.39, 0.29) is 18.7 Å². The van der Waals surface area contributed by atoms with E-state index in [1.54, 1.807) is 0 Å². The highest BCUT2D eigenvalue weighted by Gasteiger charge is 2.33. The van der Waals surface area contributed by atoms with Gasteiger partial charge in [-0.1, -0.05) is 0 Å². The van der Waals surface area contributed by atoms with Gasteiger partial charge in [-0.25, -0.2) is 0 Å². The number of nitrogens with zero attached hydrogens (tertiary/aromatic N) is 1. The number of piperidine rings is 1. The van der Waals surface area contributed by atoms with E-state index in [1.807, 2.05) is 0 Å². The van der Waals surface area contributed by atoms with Gasteiger partial charge in [-0.05, 0) is 19.3 Å². The third kappa shape index (κ3) is 2.82. The molecular formula is C9H15N3O4S. The highest BCUT2D eigenvalue weighted by atomic mass is 32.2. The van der Waals surface area contributed by atoms with Gasteiger partial charge < -0.3 is 0 Å². The van der Waals surface area contributed by atoms with Gasteiger partial charge in [0.2, 0.25) is 11.8 Å². The second-order valence-electron chi connectivity index (χ2n) is 4.23. The van der Waals surface area contributed by atoms with Gasteiger partial charge in [0.1, 0.15) is 6.04 Å². The standard InChI is InChI=1S/C9H15N3O4S/c13-8-4-3-7(9(14)10-8)11-17(15,16)12-5-1-2-6-12/h7,11H,1-6H2,(H,10,13,14). The first-order valence-corrected chi connectivity index (χ1v) is 7.04. The van der Waals surface area contributed by atoms with E-state index < -0.39 is 22.2 Å². The number of nitrogens with one attached hydrogen (secondary N) is 2. The predicted molar refractivity (Wildman–Crippen MR) is 59.0 cm³/mol. The van der Waals surface area contributed by atoms with Crippen LogP contribution in [0, 0.1) is 0 Å². The van der Waals surface area contributed by atoms with E-state index in [0.717, 1.165) is 12.8 Å². The van der Waals surface area contributed by atoms with Crippen LogP contribution in [-0.4, -0.2) is 43.7 Å². The minimum atomic E-state index is -3.60. The minimum Gasteiger partial charge on any atom is -0.295 e. The van der Waals surface area contributed by atoms with Gasteiger partial charge in [-0.2, -0.15) is 17.4 Å². The van der Waals surface area contributed by atoms with Crippen molar-refractivity contribution in [2.24, 2.45) is 0 Å². The Morgan fingerprint density at radius 2 is 1.88 bits per heavy atom. The van der Waals surface area contributed by atoms with E-state index in [2.05, 4.69) is 10.0 Å². The first-order valence-electron chi connectivity index (χ1n) is 5.60. The van der Waals surface area contributed by atoms with E-state index in [4.69, 9.17) is 0 Å². The number of imide groups is 1. The van der Waals surface area contributed by atoms with Crippen molar-refractivity contribution in [2.45, 2.75) is 31.7 Å². The molecule has 1 unspecified atom stereocenters. The van der Waals surface area contributed by atoms with Crippen LogP contribution in [0.2, 0.25) is 0 Å². The lowest BCUT2D eigenvalue weighted by Crippen LogP contribution is -2.54. The quantitative estimate of drug-likeness (QED) is 0.619. The van der Waals surface area contributed by atoms with E-state index in [0.29, 0.717) is 13.1 Å².